The van der Waals surface area contributed by atoms with Crippen LogP contribution in [0.3, 0.4) is 0 Å². The molecule has 1 heterocycles. The molecule has 2 heteroatoms. The van der Waals surface area contributed by atoms with Crippen LogP contribution in [-0.4, -0.2) is 18.0 Å². The smallest absolute Gasteiger partial charge is 0.0317 e. The van der Waals surface area contributed by atoms with Gasteiger partial charge in [0.25, 0.3) is 0 Å². The SMILES string of the molecule is CC1(C)CN(CC2CCCCC2)Cc2cc(N)ccc21. The van der Waals surface area contributed by atoms with E-state index in [-0.39, 0.29) is 5.41 Å². The maximum Gasteiger partial charge on any atom is 0.0317 e. The topological polar surface area (TPSA) is 29.3 Å². The molecule has 2 aliphatic rings. The number of nitrogen functional groups attached to an aromatic ring is 1. The predicted molar refractivity (Wildman–Crippen MR) is 85.7 cm³/mol. The fourth-order valence-electron chi connectivity index (χ4n) is 4.21. The molecule has 0 radical (unpaired) electrons. The van der Waals surface area contributed by atoms with Gasteiger partial charge in [-0.3, -0.25) is 4.90 Å². The molecule has 1 aromatic rings. The highest BCUT2D eigenvalue weighted by atomic mass is 15.1. The van der Waals surface area contributed by atoms with Gasteiger partial charge in [0, 0.05) is 30.7 Å². The highest BCUT2D eigenvalue weighted by Gasteiger charge is 2.32. The van der Waals surface area contributed by atoms with E-state index in [1.807, 2.05) is 0 Å². The van der Waals surface area contributed by atoms with Crippen LogP contribution < -0.4 is 5.73 Å². The third kappa shape index (κ3) is 2.85. The van der Waals surface area contributed by atoms with Crippen LogP contribution in [0.2, 0.25) is 0 Å². The molecule has 20 heavy (non-hydrogen) atoms. The monoisotopic (exact) mass is 272 g/mol. The second-order valence-electron chi connectivity index (χ2n) is 7.47. The van der Waals surface area contributed by atoms with Crippen molar-refractivity contribution in [3.8, 4) is 0 Å². The summed E-state index contributed by atoms with van der Waals surface area (Å²) in [5, 5.41) is 0. The van der Waals surface area contributed by atoms with E-state index >= 15 is 0 Å². The van der Waals surface area contributed by atoms with Crippen LogP contribution in [0.4, 0.5) is 5.69 Å². The lowest BCUT2D eigenvalue weighted by atomic mass is 9.77. The zero-order valence-electron chi connectivity index (χ0n) is 13.0. The van der Waals surface area contributed by atoms with Crippen molar-refractivity contribution in [2.24, 2.45) is 5.92 Å². The summed E-state index contributed by atoms with van der Waals surface area (Å²) in [5.41, 5.74) is 10.1. The van der Waals surface area contributed by atoms with Crippen molar-refractivity contribution in [1.29, 1.82) is 0 Å². The minimum absolute atomic E-state index is 0.246. The van der Waals surface area contributed by atoms with Gasteiger partial charge in [0.1, 0.15) is 0 Å². The molecule has 0 amide bonds. The molecule has 2 N–H and O–H groups in total. The molecule has 0 spiro atoms. The zero-order valence-corrected chi connectivity index (χ0v) is 13.0. The van der Waals surface area contributed by atoms with Gasteiger partial charge >= 0.3 is 0 Å². The van der Waals surface area contributed by atoms with Gasteiger partial charge in [0.2, 0.25) is 0 Å². The summed E-state index contributed by atoms with van der Waals surface area (Å²) in [6, 6.07) is 6.48. The van der Waals surface area contributed by atoms with E-state index in [0.29, 0.717) is 0 Å². The molecule has 0 bridgehead atoms. The number of anilines is 1. The number of fused-ring (bicyclic) bond motifs is 1. The van der Waals surface area contributed by atoms with E-state index in [1.165, 1.54) is 56.3 Å². The maximum absolute atomic E-state index is 5.98. The van der Waals surface area contributed by atoms with Crippen LogP contribution in [0.1, 0.15) is 57.1 Å². The molecule has 1 aliphatic heterocycles. The molecule has 3 rings (SSSR count). The van der Waals surface area contributed by atoms with E-state index < -0.39 is 0 Å². The van der Waals surface area contributed by atoms with Gasteiger partial charge in [0.15, 0.2) is 0 Å². The Balaban J connectivity index is 1.76. The fourth-order valence-corrected chi connectivity index (χ4v) is 4.21. The molecule has 0 atom stereocenters. The number of hydrogen-bond donors (Lipinski definition) is 1. The summed E-state index contributed by atoms with van der Waals surface area (Å²) in [4.78, 5) is 2.66. The lowest BCUT2D eigenvalue weighted by Gasteiger charge is -2.41. The number of hydrogen-bond acceptors (Lipinski definition) is 2. The first kappa shape index (κ1) is 13.9. The third-order valence-electron chi connectivity index (χ3n) is 5.11. The zero-order chi connectivity index (χ0) is 14.2. The first-order valence-corrected chi connectivity index (χ1v) is 8.16. The highest BCUT2D eigenvalue weighted by Crippen LogP contribution is 2.35. The van der Waals surface area contributed by atoms with Crippen molar-refractivity contribution in [3.05, 3.63) is 29.3 Å². The highest BCUT2D eigenvalue weighted by molar-refractivity contribution is 5.48. The standard InChI is InChI=1S/C18H28N2/c1-18(2)13-20(11-14-6-4-3-5-7-14)12-15-10-16(19)8-9-17(15)18/h8-10,14H,3-7,11-13,19H2,1-2H3. The van der Waals surface area contributed by atoms with Crippen molar-refractivity contribution in [1.82, 2.24) is 4.90 Å². The van der Waals surface area contributed by atoms with E-state index in [1.54, 1.807) is 0 Å². The quantitative estimate of drug-likeness (QED) is 0.826. The molecule has 1 fully saturated rings. The average Bonchev–Trinajstić information content (AvgIpc) is 2.38. The van der Waals surface area contributed by atoms with Gasteiger partial charge in [-0.1, -0.05) is 39.2 Å². The molecular weight excluding hydrogens is 244 g/mol. The molecule has 0 aromatic heterocycles. The minimum Gasteiger partial charge on any atom is -0.399 e. The molecule has 1 aliphatic carbocycles. The molecule has 1 aromatic carbocycles. The predicted octanol–water partition coefficient (Wildman–Crippen LogP) is 3.94. The van der Waals surface area contributed by atoms with E-state index in [9.17, 15) is 0 Å². The van der Waals surface area contributed by atoms with E-state index in [0.717, 1.165) is 18.2 Å². The van der Waals surface area contributed by atoms with E-state index in [2.05, 4.69) is 36.9 Å². The minimum atomic E-state index is 0.246. The lowest BCUT2D eigenvalue weighted by molar-refractivity contribution is 0.150. The number of nitrogens with two attached hydrogens (primary N) is 1. The number of rotatable bonds is 2. The first-order valence-electron chi connectivity index (χ1n) is 8.16. The Kier molecular flexibility index (Phi) is 3.76. The van der Waals surface area contributed by atoms with Gasteiger partial charge in [0.05, 0.1) is 0 Å². The number of benzene rings is 1. The first-order chi connectivity index (χ1) is 9.54. The van der Waals surface area contributed by atoms with E-state index in [4.69, 9.17) is 5.73 Å². The summed E-state index contributed by atoms with van der Waals surface area (Å²) in [6.45, 7) is 8.28. The van der Waals surface area contributed by atoms with Crippen LogP contribution in [0.15, 0.2) is 18.2 Å². The van der Waals surface area contributed by atoms with Crippen molar-refractivity contribution in [2.45, 2.75) is 57.9 Å². The van der Waals surface area contributed by atoms with Gasteiger partial charge in [-0.25, -0.2) is 0 Å². The van der Waals surface area contributed by atoms with Crippen molar-refractivity contribution < 1.29 is 0 Å². The Labute approximate surface area is 123 Å². The second kappa shape index (κ2) is 5.40. The normalized spacial score (nSPS) is 23.5. The Morgan fingerprint density at radius 1 is 1.20 bits per heavy atom. The van der Waals surface area contributed by atoms with Crippen LogP contribution >= 0.6 is 0 Å². The van der Waals surface area contributed by atoms with Crippen LogP contribution in [0, 0.1) is 5.92 Å². The number of nitrogens with zero attached hydrogens (tertiary/aromatic N) is 1. The van der Waals surface area contributed by atoms with Crippen molar-refractivity contribution in [2.75, 3.05) is 18.8 Å². The van der Waals surface area contributed by atoms with Crippen LogP contribution in [0.5, 0.6) is 0 Å². The van der Waals surface area contributed by atoms with Crippen LogP contribution in [-0.2, 0) is 12.0 Å². The third-order valence-corrected chi connectivity index (χ3v) is 5.11. The lowest BCUT2D eigenvalue weighted by Crippen LogP contribution is -2.44. The summed E-state index contributed by atoms with van der Waals surface area (Å²) in [7, 11) is 0. The van der Waals surface area contributed by atoms with Gasteiger partial charge < -0.3 is 5.73 Å². The van der Waals surface area contributed by atoms with Gasteiger partial charge in [-0.2, -0.15) is 0 Å². The molecule has 2 nitrogen and oxygen atoms in total. The maximum atomic E-state index is 5.98. The molecule has 110 valence electrons. The average molecular weight is 272 g/mol. The molecule has 1 saturated carbocycles. The van der Waals surface area contributed by atoms with Crippen molar-refractivity contribution in [3.63, 3.8) is 0 Å². The molecule has 0 unspecified atom stereocenters. The molecular formula is C18H28N2. The Morgan fingerprint density at radius 2 is 1.95 bits per heavy atom. The Morgan fingerprint density at radius 3 is 2.70 bits per heavy atom. The summed E-state index contributed by atoms with van der Waals surface area (Å²) >= 11 is 0. The second-order valence-corrected chi connectivity index (χ2v) is 7.47. The molecule has 0 saturated heterocycles. The summed E-state index contributed by atoms with van der Waals surface area (Å²) < 4.78 is 0. The Bertz CT molecular complexity index is 472. The largest absolute Gasteiger partial charge is 0.399 e. The Hall–Kier alpha value is -1.02. The summed E-state index contributed by atoms with van der Waals surface area (Å²) in [5.74, 6) is 0.919. The van der Waals surface area contributed by atoms with Gasteiger partial charge in [-0.15, -0.1) is 0 Å². The summed E-state index contributed by atoms with van der Waals surface area (Å²) in [6.07, 6.45) is 7.18. The van der Waals surface area contributed by atoms with Crippen LogP contribution in [0.25, 0.3) is 0 Å². The fraction of sp³-hybridized carbons (Fsp3) is 0.667. The van der Waals surface area contributed by atoms with Gasteiger partial charge in [-0.05, 0) is 42.0 Å². The van der Waals surface area contributed by atoms with Crippen molar-refractivity contribution >= 4 is 5.69 Å².